The molecule has 0 bridgehead atoms. The Morgan fingerprint density at radius 3 is 1.91 bits per heavy atom. The predicted molar refractivity (Wildman–Crippen MR) is 145 cm³/mol. The quantitative estimate of drug-likeness (QED) is 0.202. The van der Waals surface area contributed by atoms with Crippen LogP contribution in [-0.2, 0) is 29.8 Å². The summed E-state index contributed by atoms with van der Waals surface area (Å²) < 4.78 is 146. The number of hydrogen-bond acceptors (Lipinski definition) is 3. The van der Waals surface area contributed by atoms with Crippen molar-refractivity contribution in [1.29, 1.82) is 0 Å². The van der Waals surface area contributed by atoms with Gasteiger partial charge in [0.1, 0.15) is 17.7 Å². The lowest BCUT2D eigenvalue weighted by atomic mass is 9.96. The average Bonchev–Trinajstić information content (AvgIpc) is 3.23. The summed E-state index contributed by atoms with van der Waals surface area (Å²) >= 11 is 0. The van der Waals surface area contributed by atoms with E-state index in [2.05, 4.69) is 11.8 Å². The average molecular weight is 662 g/mol. The van der Waals surface area contributed by atoms with Gasteiger partial charge in [0.2, 0.25) is 0 Å². The molecule has 1 fully saturated rings. The van der Waals surface area contributed by atoms with E-state index in [1.54, 1.807) is 13.8 Å². The van der Waals surface area contributed by atoms with Gasteiger partial charge in [0.05, 0.1) is 42.0 Å². The molecule has 2 unspecified atom stereocenters. The van der Waals surface area contributed by atoms with E-state index in [-0.39, 0.29) is 34.4 Å². The fourth-order valence-electron chi connectivity index (χ4n) is 4.92. The molecular weight excluding hydrogens is 636 g/mol. The Kier molecular flexibility index (Phi) is 9.30. The number of benzene rings is 3. The standard InChI is InChI=1S/C32H25F10NO3/c1-16(2)25-12-19(27(45-4)14-26(25)33)6-5-18-7-8-22(30(34,35)36)11-21(18)15-43-17(3)28(46-29(43)44)20-9-23(31(37,38)39)13-24(10-20)32(40,41)42/h7-14,16-17,28H,15H2,1-4H3. The zero-order chi connectivity index (χ0) is 34.4. The van der Waals surface area contributed by atoms with Crippen molar-refractivity contribution in [2.45, 2.75) is 63.9 Å². The minimum absolute atomic E-state index is 0.00681. The maximum atomic E-state index is 14.5. The minimum Gasteiger partial charge on any atom is -0.495 e. The highest BCUT2D eigenvalue weighted by molar-refractivity contribution is 5.71. The van der Waals surface area contributed by atoms with Crippen molar-refractivity contribution < 1.29 is 58.2 Å². The second-order valence-corrected chi connectivity index (χ2v) is 10.9. The lowest BCUT2D eigenvalue weighted by Gasteiger charge is -2.23. The van der Waals surface area contributed by atoms with Gasteiger partial charge in [-0.05, 0) is 72.0 Å². The van der Waals surface area contributed by atoms with Gasteiger partial charge < -0.3 is 9.47 Å². The van der Waals surface area contributed by atoms with E-state index in [9.17, 15) is 48.7 Å². The van der Waals surface area contributed by atoms with E-state index in [4.69, 9.17) is 9.47 Å². The summed E-state index contributed by atoms with van der Waals surface area (Å²) in [5.74, 6) is 4.73. The third-order valence-corrected chi connectivity index (χ3v) is 7.38. The van der Waals surface area contributed by atoms with Gasteiger partial charge in [-0.2, -0.15) is 39.5 Å². The Bertz CT molecular complexity index is 1670. The molecule has 1 heterocycles. The largest absolute Gasteiger partial charge is 0.495 e. The van der Waals surface area contributed by atoms with E-state index in [1.165, 1.54) is 20.1 Å². The molecule has 14 heteroatoms. The Balaban J connectivity index is 1.76. The van der Waals surface area contributed by atoms with Gasteiger partial charge in [0.25, 0.3) is 0 Å². The van der Waals surface area contributed by atoms with Gasteiger partial charge in [-0.15, -0.1) is 0 Å². The molecule has 0 radical (unpaired) electrons. The number of halogens is 10. The lowest BCUT2D eigenvalue weighted by molar-refractivity contribution is -0.143. The van der Waals surface area contributed by atoms with Crippen molar-refractivity contribution in [2.24, 2.45) is 0 Å². The second kappa shape index (κ2) is 12.4. The number of amides is 1. The monoisotopic (exact) mass is 661 g/mol. The fraction of sp³-hybridized carbons (Fsp3) is 0.344. The van der Waals surface area contributed by atoms with Crippen molar-refractivity contribution in [3.05, 3.63) is 98.9 Å². The van der Waals surface area contributed by atoms with Crippen molar-refractivity contribution >= 4 is 6.09 Å². The molecule has 0 aliphatic carbocycles. The summed E-state index contributed by atoms with van der Waals surface area (Å²) in [6.45, 7) is 4.16. The van der Waals surface area contributed by atoms with E-state index in [1.807, 2.05) is 0 Å². The van der Waals surface area contributed by atoms with E-state index >= 15 is 0 Å². The molecule has 4 nitrogen and oxygen atoms in total. The third kappa shape index (κ3) is 7.35. The number of rotatable bonds is 5. The number of carbonyl (C=O) groups is 1. The number of ether oxygens (including phenoxy) is 2. The highest BCUT2D eigenvalue weighted by Gasteiger charge is 2.43. The molecule has 0 N–H and O–H groups in total. The normalized spacial score (nSPS) is 17.2. The number of alkyl halides is 9. The van der Waals surface area contributed by atoms with Gasteiger partial charge in [0.15, 0.2) is 0 Å². The van der Waals surface area contributed by atoms with Gasteiger partial charge in [-0.3, -0.25) is 4.90 Å². The smallest absolute Gasteiger partial charge is 0.416 e. The van der Waals surface area contributed by atoms with Crippen LogP contribution in [0.2, 0.25) is 0 Å². The maximum absolute atomic E-state index is 14.5. The van der Waals surface area contributed by atoms with Crippen LogP contribution < -0.4 is 4.74 Å². The zero-order valence-corrected chi connectivity index (χ0v) is 24.5. The van der Waals surface area contributed by atoms with Gasteiger partial charge in [-0.1, -0.05) is 25.7 Å². The van der Waals surface area contributed by atoms with Gasteiger partial charge in [-0.25, -0.2) is 9.18 Å². The first kappa shape index (κ1) is 34.5. The highest BCUT2D eigenvalue weighted by atomic mass is 19.4. The summed E-state index contributed by atoms with van der Waals surface area (Å²) in [5.41, 5.74) is -4.54. The number of cyclic esters (lactones) is 1. The van der Waals surface area contributed by atoms with E-state index < -0.39 is 71.4 Å². The highest BCUT2D eigenvalue weighted by Crippen LogP contribution is 2.41. The van der Waals surface area contributed by atoms with Crippen LogP contribution in [0.25, 0.3) is 0 Å². The van der Waals surface area contributed by atoms with Crippen LogP contribution in [0.4, 0.5) is 48.7 Å². The van der Waals surface area contributed by atoms with Crippen LogP contribution in [-0.4, -0.2) is 24.1 Å². The molecule has 246 valence electrons. The molecular formula is C32H25F10NO3. The first-order valence-electron chi connectivity index (χ1n) is 13.6. The predicted octanol–water partition coefficient (Wildman–Crippen LogP) is 9.50. The fourth-order valence-corrected chi connectivity index (χ4v) is 4.92. The Morgan fingerprint density at radius 1 is 0.826 bits per heavy atom. The number of hydrogen-bond donors (Lipinski definition) is 0. The first-order chi connectivity index (χ1) is 21.2. The van der Waals surface area contributed by atoms with E-state index in [0.717, 1.165) is 29.2 Å². The molecule has 2 atom stereocenters. The zero-order valence-electron chi connectivity index (χ0n) is 24.5. The van der Waals surface area contributed by atoms with Crippen LogP contribution in [0, 0.1) is 17.7 Å². The van der Waals surface area contributed by atoms with Crippen molar-refractivity contribution in [3.63, 3.8) is 0 Å². The van der Waals surface area contributed by atoms with Gasteiger partial charge >= 0.3 is 24.6 Å². The van der Waals surface area contributed by atoms with Crippen LogP contribution in [0.1, 0.15) is 77.3 Å². The number of methoxy groups -OCH3 is 1. The Hall–Kier alpha value is -4.41. The number of nitrogens with zero attached hydrogens (tertiary/aromatic N) is 1. The molecule has 0 aromatic heterocycles. The molecule has 46 heavy (non-hydrogen) atoms. The Labute approximate surface area is 256 Å². The lowest BCUT2D eigenvalue weighted by Crippen LogP contribution is -2.32. The molecule has 4 rings (SSSR count). The minimum atomic E-state index is -5.16. The second-order valence-electron chi connectivity index (χ2n) is 10.9. The summed E-state index contributed by atoms with van der Waals surface area (Å²) in [4.78, 5) is 13.8. The SMILES string of the molecule is COc1cc(F)c(C(C)C)cc1C#Cc1ccc(C(F)(F)F)cc1CN1C(=O)OC(c2cc(C(F)(F)F)cc(C(F)(F)F)c2)C1C. The molecule has 1 saturated heterocycles. The third-order valence-electron chi connectivity index (χ3n) is 7.38. The Morgan fingerprint density at radius 2 is 1.39 bits per heavy atom. The molecule has 0 spiro atoms. The summed E-state index contributed by atoms with van der Waals surface area (Å²) in [7, 11) is 1.28. The molecule has 1 aliphatic heterocycles. The molecule has 0 saturated carbocycles. The van der Waals surface area contributed by atoms with Crippen LogP contribution in [0.15, 0.2) is 48.5 Å². The van der Waals surface area contributed by atoms with Crippen molar-refractivity contribution in [3.8, 4) is 17.6 Å². The van der Waals surface area contributed by atoms with Crippen molar-refractivity contribution in [1.82, 2.24) is 4.90 Å². The summed E-state index contributed by atoms with van der Waals surface area (Å²) in [5, 5.41) is 0. The first-order valence-corrected chi connectivity index (χ1v) is 13.6. The van der Waals surface area contributed by atoms with E-state index in [0.29, 0.717) is 17.7 Å². The molecule has 1 aliphatic rings. The molecule has 3 aromatic carbocycles. The molecule has 1 amide bonds. The topological polar surface area (TPSA) is 38.8 Å². The summed E-state index contributed by atoms with van der Waals surface area (Å²) in [6, 6.07) is 4.66. The molecule has 3 aromatic rings. The summed E-state index contributed by atoms with van der Waals surface area (Å²) in [6.07, 6.45) is -17.9. The van der Waals surface area contributed by atoms with Crippen molar-refractivity contribution in [2.75, 3.05) is 7.11 Å². The maximum Gasteiger partial charge on any atom is 0.416 e. The van der Waals surface area contributed by atoms with Crippen LogP contribution >= 0.6 is 0 Å². The van der Waals surface area contributed by atoms with Crippen LogP contribution in [0.3, 0.4) is 0 Å². The number of carbonyl (C=O) groups excluding carboxylic acids is 1. The van der Waals surface area contributed by atoms with Gasteiger partial charge in [0, 0.05) is 11.6 Å². The van der Waals surface area contributed by atoms with Crippen LogP contribution in [0.5, 0.6) is 5.75 Å².